The normalized spacial score (nSPS) is 18.2. The third kappa shape index (κ3) is 4.23. The molecule has 4 rings (SSSR count). The molecule has 0 aromatic heterocycles. The summed E-state index contributed by atoms with van der Waals surface area (Å²) in [5.74, 6) is -1.29. The van der Waals surface area contributed by atoms with Gasteiger partial charge in [0.25, 0.3) is 5.91 Å². The first-order chi connectivity index (χ1) is 15.8. The Morgan fingerprint density at radius 2 is 1.85 bits per heavy atom. The summed E-state index contributed by atoms with van der Waals surface area (Å²) in [6, 6.07) is 6.64. The van der Waals surface area contributed by atoms with Crippen molar-refractivity contribution >= 4 is 17.6 Å². The molecule has 0 heterocycles. The Balaban J connectivity index is 1.45. The highest BCUT2D eigenvalue weighted by molar-refractivity contribution is 5.98. The fourth-order valence-electron chi connectivity index (χ4n) is 5.17. The number of phenols is 2. The second-order valence-corrected chi connectivity index (χ2v) is 8.72. The summed E-state index contributed by atoms with van der Waals surface area (Å²) in [5, 5.41) is 21.1. The van der Waals surface area contributed by atoms with E-state index in [1.54, 1.807) is 13.2 Å². The van der Waals surface area contributed by atoms with Crippen molar-refractivity contribution in [2.75, 3.05) is 31.7 Å². The van der Waals surface area contributed by atoms with Crippen molar-refractivity contribution in [2.45, 2.75) is 44.9 Å². The Hall–Kier alpha value is -3.26. The van der Waals surface area contributed by atoms with E-state index in [2.05, 4.69) is 10.4 Å². The van der Waals surface area contributed by atoms with Gasteiger partial charge < -0.3 is 24.7 Å². The van der Waals surface area contributed by atoms with Crippen LogP contribution in [0.2, 0.25) is 0 Å². The fourth-order valence-corrected chi connectivity index (χ4v) is 5.17. The summed E-state index contributed by atoms with van der Waals surface area (Å²) < 4.78 is 5.15. The van der Waals surface area contributed by atoms with E-state index in [0.717, 1.165) is 49.2 Å². The van der Waals surface area contributed by atoms with Crippen LogP contribution in [0.15, 0.2) is 24.3 Å². The molecule has 8 heteroatoms. The van der Waals surface area contributed by atoms with Gasteiger partial charge in [0.2, 0.25) is 0 Å². The zero-order valence-corrected chi connectivity index (χ0v) is 19.2. The summed E-state index contributed by atoms with van der Waals surface area (Å²) in [5.41, 5.74) is 5.47. The lowest BCUT2D eigenvalue weighted by atomic mass is 9.88. The molecule has 33 heavy (non-hydrogen) atoms. The minimum atomic E-state index is -0.923. The van der Waals surface area contributed by atoms with Gasteiger partial charge in [0.1, 0.15) is 17.1 Å². The van der Waals surface area contributed by atoms with Crippen LogP contribution < -0.4 is 10.4 Å². The highest BCUT2D eigenvalue weighted by atomic mass is 16.7. The summed E-state index contributed by atoms with van der Waals surface area (Å²) >= 11 is 0. The van der Waals surface area contributed by atoms with Gasteiger partial charge in [-0.15, -0.1) is 0 Å². The van der Waals surface area contributed by atoms with E-state index >= 15 is 0 Å². The van der Waals surface area contributed by atoms with Crippen LogP contribution in [-0.4, -0.2) is 48.9 Å². The van der Waals surface area contributed by atoms with Crippen molar-refractivity contribution in [1.82, 2.24) is 5.48 Å². The number of nitrogens with one attached hydrogen (secondary N) is 1. The van der Waals surface area contributed by atoms with Crippen LogP contribution in [0.4, 0.5) is 5.69 Å². The first-order valence-electron chi connectivity index (χ1n) is 11.3. The molecule has 2 aliphatic carbocycles. The quantitative estimate of drug-likeness (QED) is 0.432. The lowest BCUT2D eigenvalue weighted by Gasteiger charge is -2.23. The molecule has 0 spiro atoms. The Kier molecular flexibility index (Phi) is 6.47. The standard InChI is InChI=1S/C25H30N2O6/c1-4-27(9-10-32-3)17-7-8-18(14(2)11-17)24(30)26-33-25(31)19-13-20(28)21-15-5-6-16(12-15)22(21)23(19)29/h7-8,11,13,15-16,28-29H,4-6,9-10,12H2,1-3H3,(H,26,30). The van der Waals surface area contributed by atoms with Gasteiger partial charge in [-0.1, -0.05) is 0 Å². The minimum Gasteiger partial charge on any atom is -0.508 e. The van der Waals surface area contributed by atoms with Gasteiger partial charge in [0, 0.05) is 42.6 Å². The summed E-state index contributed by atoms with van der Waals surface area (Å²) in [6.45, 7) is 5.97. The molecule has 0 aliphatic heterocycles. The van der Waals surface area contributed by atoms with E-state index in [4.69, 9.17) is 9.57 Å². The number of carbonyl (C=O) groups is 2. The van der Waals surface area contributed by atoms with E-state index in [1.807, 2.05) is 26.0 Å². The number of aromatic hydroxyl groups is 2. The van der Waals surface area contributed by atoms with Crippen LogP contribution in [0, 0.1) is 6.92 Å². The van der Waals surface area contributed by atoms with Crippen LogP contribution in [0.3, 0.4) is 0 Å². The molecular formula is C25H30N2O6. The van der Waals surface area contributed by atoms with Gasteiger partial charge in [-0.2, -0.15) is 5.48 Å². The van der Waals surface area contributed by atoms with Crippen molar-refractivity contribution in [3.8, 4) is 11.5 Å². The van der Waals surface area contributed by atoms with Crippen molar-refractivity contribution in [3.63, 3.8) is 0 Å². The van der Waals surface area contributed by atoms with Gasteiger partial charge >= 0.3 is 5.97 Å². The lowest BCUT2D eigenvalue weighted by molar-refractivity contribution is 0.0226. The Bertz CT molecular complexity index is 1080. The summed E-state index contributed by atoms with van der Waals surface area (Å²) in [6.07, 6.45) is 2.78. The topological polar surface area (TPSA) is 108 Å². The average molecular weight is 455 g/mol. The lowest BCUT2D eigenvalue weighted by Crippen LogP contribution is -2.29. The maximum Gasteiger partial charge on any atom is 0.366 e. The van der Waals surface area contributed by atoms with Crippen LogP contribution in [0.5, 0.6) is 11.5 Å². The van der Waals surface area contributed by atoms with E-state index in [-0.39, 0.29) is 28.9 Å². The zero-order valence-electron chi connectivity index (χ0n) is 19.2. The third-order valence-corrected chi connectivity index (χ3v) is 6.83. The smallest absolute Gasteiger partial charge is 0.366 e. The van der Waals surface area contributed by atoms with E-state index < -0.39 is 11.9 Å². The number of amides is 1. The molecule has 2 aromatic carbocycles. The molecular weight excluding hydrogens is 424 g/mol. The largest absolute Gasteiger partial charge is 0.508 e. The van der Waals surface area contributed by atoms with Gasteiger partial charge in [0.05, 0.1) is 6.61 Å². The highest BCUT2D eigenvalue weighted by Crippen LogP contribution is 2.59. The number of nitrogens with zero attached hydrogens (tertiary/aromatic N) is 1. The number of rotatable bonds is 7. The predicted molar refractivity (Wildman–Crippen MR) is 123 cm³/mol. The second-order valence-electron chi connectivity index (χ2n) is 8.72. The first-order valence-corrected chi connectivity index (χ1v) is 11.3. The number of ether oxygens (including phenoxy) is 1. The van der Waals surface area contributed by atoms with Crippen LogP contribution in [0.25, 0.3) is 0 Å². The number of fused-ring (bicyclic) bond motifs is 5. The summed E-state index contributed by atoms with van der Waals surface area (Å²) in [7, 11) is 1.65. The molecule has 0 saturated heterocycles. The number of likely N-dealkylation sites (N-methyl/N-ethyl adjacent to an activating group) is 1. The number of hydrogen-bond acceptors (Lipinski definition) is 7. The molecule has 2 bridgehead atoms. The Morgan fingerprint density at radius 1 is 1.12 bits per heavy atom. The first kappa shape index (κ1) is 22.9. The van der Waals surface area contributed by atoms with Crippen LogP contribution >= 0.6 is 0 Å². The molecule has 1 saturated carbocycles. The average Bonchev–Trinajstić information content (AvgIpc) is 3.43. The van der Waals surface area contributed by atoms with E-state index in [0.29, 0.717) is 17.7 Å². The third-order valence-electron chi connectivity index (χ3n) is 6.83. The number of carbonyl (C=O) groups excluding carboxylic acids is 2. The van der Waals surface area contributed by atoms with Crippen LogP contribution in [0.1, 0.15) is 75.4 Å². The molecule has 1 amide bonds. The SMILES string of the molecule is CCN(CCOC)c1ccc(C(=O)NOC(=O)c2cc(O)c3c(c2O)C2CCC3C2)c(C)c1. The molecule has 2 aromatic rings. The number of benzene rings is 2. The number of aryl methyl sites for hydroxylation is 1. The number of anilines is 1. The molecule has 8 nitrogen and oxygen atoms in total. The Morgan fingerprint density at radius 3 is 2.52 bits per heavy atom. The number of phenolic OH excluding ortho intramolecular Hbond substituents is 2. The maximum atomic E-state index is 12.6. The van der Waals surface area contributed by atoms with E-state index in [1.165, 1.54) is 6.07 Å². The van der Waals surface area contributed by atoms with Gasteiger partial charge in [-0.05, 0) is 74.8 Å². The van der Waals surface area contributed by atoms with Crippen molar-refractivity contribution in [3.05, 3.63) is 52.1 Å². The molecule has 2 atom stereocenters. The number of hydrogen-bond donors (Lipinski definition) is 3. The molecule has 2 aliphatic rings. The van der Waals surface area contributed by atoms with Crippen molar-refractivity contribution < 1.29 is 29.4 Å². The van der Waals surface area contributed by atoms with Gasteiger partial charge in [-0.25, -0.2) is 4.79 Å². The molecule has 1 fully saturated rings. The van der Waals surface area contributed by atoms with Gasteiger partial charge in [0.15, 0.2) is 0 Å². The summed E-state index contributed by atoms with van der Waals surface area (Å²) in [4.78, 5) is 32.4. The minimum absolute atomic E-state index is 0.00587. The number of hydroxylamine groups is 1. The maximum absolute atomic E-state index is 12.6. The zero-order chi connectivity index (χ0) is 23.7. The predicted octanol–water partition coefficient (Wildman–Crippen LogP) is 3.75. The Labute approximate surface area is 193 Å². The molecule has 0 radical (unpaired) electrons. The van der Waals surface area contributed by atoms with Crippen molar-refractivity contribution in [2.24, 2.45) is 0 Å². The molecule has 176 valence electrons. The number of methoxy groups -OCH3 is 1. The molecule has 3 N–H and O–H groups in total. The second kappa shape index (κ2) is 9.31. The fraction of sp³-hybridized carbons (Fsp3) is 0.440. The van der Waals surface area contributed by atoms with E-state index in [9.17, 15) is 19.8 Å². The van der Waals surface area contributed by atoms with Crippen molar-refractivity contribution in [1.29, 1.82) is 0 Å². The van der Waals surface area contributed by atoms with Crippen LogP contribution in [-0.2, 0) is 9.57 Å². The molecule has 2 unspecified atom stereocenters. The van der Waals surface area contributed by atoms with Gasteiger partial charge in [-0.3, -0.25) is 4.79 Å². The highest BCUT2D eigenvalue weighted by Gasteiger charge is 2.42. The monoisotopic (exact) mass is 454 g/mol.